The van der Waals surface area contributed by atoms with Crippen LogP contribution in [0.25, 0.3) is 0 Å². The number of hydrogen-bond acceptors (Lipinski definition) is 2. The summed E-state index contributed by atoms with van der Waals surface area (Å²) in [4.78, 5) is 1.23. The van der Waals surface area contributed by atoms with Crippen molar-refractivity contribution in [1.82, 2.24) is 0 Å². The number of ether oxygens (including phenoxy) is 1. The van der Waals surface area contributed by atoms with E-state index >= 15 is 0 Å². The molecule has 0 unspecified atom stereocenters. The third-order valence-corrected chi connectivity index (χ3v) is 2.71. The molecule has 0 aliphatic carbocycles. The van der Waals surface area contributed by atoms with Crippen molar-refractivity contribution in [1.29, 1.82) is 0 Å². The summed E-state index contributed by atoms with van der Waals surface area (Å²) in [7, 11) is 0. The number of thiophene rings is 1. The highest BCUT2D eigenvalue weighted by Gasteiger charge is 1.95. The van der Waals surface area contributed by atoms with Crippen LogP contribution in [0.3, 0.4) is 0 Å². The molecule has 1 rings (SSSR count). The zero-order valence-corrected chi connectivity index (χ0v) is 8.45. The van der Waals surface area contributed by atoms with Crippen molar-refractivity contribution < 1.29 is 4.74 Å². The Labute approximate surface area is 78.8 Å². The molecular weight excluding hydrogens is 224 g/mol. The second kappa shape index (κ2) is 4.70. The molecule has 1 aromatic rings. The van der Waals surface area contributed by atoms with E-state index in [-0.39, 0.29) is 0 Å². The molecule has 0 aliphatic heterocycles. The largest absolute Gasteiger partial charge is 0.372 e. The van der Waals surface area contributed by atoms with Gasteiger partial charge in [0, 0.05) is 4.88 Å². The third-order valence-electron chi connectivity index (χ3n) is 1.11. The molecule has 3 heteroatoms. The first kappa shape index (κ1) is 8.97. The summed E-state index contributed by atoms with van der Waals surface area (Å²) in [6.07, 6.45) is 1.75. The molecule has 0 aliphatic rings. The maximum atomic E-state index is 5.25. The standard InChI is InChI=1S/C8H9BrOS/c1-2-5-10-6-7-3-4-8(9)11-7/h2-4H,1,5-6H2. The van der Waals surface area contributed by atoms with Gasteiger partial charge in [-0.3, -0.25) is 0 Å². The Morgan fingerprint density at radius 3 is 3.00 bits per heavy atom. The number of rotatable bonds is 4. The minimum Gasteiger partial charge on any atom is -0.372 e. The topological polar surface area (TPSA) is 9.23 Å². The van der Waals surface area contributed by atoms with Gasteiger partial charge in [-0.25, -0.2) is 0 Å². The van der Waals surface area contributed by atoms with Gasteiger partial charge in [0.2, 0.25) is 0 Å². The first-order chi connectivity index (χ1) is 5.33. The molecule has 1 nitrogen and oxygen atoms in total. The minimum atomic E-state index is 0.621. The van der Waals surface area contributed by atoms with Crippen molar-refractivity contribution in [2.24, 2.45) is 0 Å². The number of hydrogen-bond donors (Lipinski definition) is 0. The molecule has 0 N–H and O–H groups in total. The molecule has 0 saturated carbocycles. The van der Waals surface area contributed by atoms with Crippen molar-refractivity contribution in [3.8, 4) is 0 Å². The van der Waals surface area contributed by atoms with Crippen LogP contribution in [0, 0.1) is 0 Å². The predicted octanol–water partition coefficient (Wildman–Crippen LogP) is 3.21. The Morgan fingerprint density at radius 1 is 1.64 bits per heavy atom. The molecule has 1 heterocycles. The van der Waals surface area contributed by atoms with Crippen LogP contribution in [-0.2, 0) is 11.3 Å². The molecule has 0 amide bonds. The molecular formula is C8H9BrOS. The van der Waals surface area contributed by atoms with Gasteiger partial charge >= 0.3 is 0 Å². The number of halogens is 1. The fraction of sp³-hybridized carbons (Fsp3) is 0.250. The molecule has 0 fully saturated rings. The Bertz CT molecular complexity index is 232. The second-order valence-electron chi connectivity index (χ2n) is 2.01. The summed E-state index contributed by atoms with van der Waals surface area (Å²) in [5.74, 6) is 0. The average Bonchev–Trinajstić information content (AvgIpc) is 2.37. The lowest BCUT2D eigenvalue weighted by Crippen LogP contribution is -1.88. The lowest BCUT2D eigenvalue weighted by Gasteiger charge is -1.95. The Morgan fingerprint density at radius 2 is 2.45 bits per heavy atom. The van der Waals surface area contributed by atoms with Gasteiger partial charge in [-0.1, -0.05) is 6.08 Å². The van der Waals surface area contributed by atoms with E-state index in [1.165, 1.54) is 4.88 Å². The Balaban J connectivity index is 2.32. The summed E-state index contributed by atoms with van der Waals surface area (Å²) in [5, 5.41) is 0. The van der Waals surface area contributed by atoms with Crippen LogP contribution in [0.5, 0.6) is 0 Å². The average molecular weight is 233 g/mol. The quantitative estimate of drug-likeness (QED) is 0.573. The lowest BCUT2D eigenvalue weighted by atomic mass is 10.5. The van der Waals surface area contributed by atoms with E-state index in [0.717, 1.165) is 3.79 Å². The molecule has 1 aromatic heterocycles. The van der Waals surface area contributed by atoms with Gasteiger partial charge in [0.1, 0.15) is 0 Å². The van der Waals surface area contributed by atoms with Gasteiger partial charge in [-0.15, -0.1) is 17.9 Å². The van der Waals surface area contributed by atoms with Gasteiger partial charge in [-0.05, 0) is 28.1 Å². The molecule has 11 heavy (non-hydrogen) atoms. The Kier molecular flexibility index (Phi) is 3.83. The molecule has 0 aromatic carbocycles. The van der Waals surface area contributed by atoms with Gasteiger partial charge < -0.3 is 4.74 Å². The third kappa shape index (κ3) is 3.18. The monoisotopic (exact) mass is 232 g/mol. The summed E-state index contributed by atoms with van der Waals surface area (Å²) < 4.78 is 6.40. The second-order valence-corrected chi connectivity index (χ2v) is 4.56. The van der Waals surface area contributed by atoms with Crippen molar-refractivity contribution in [2.75, 3.05) is 6.61 Å². The normalized spacial score (nSPS) is 9.91. The molecule has 0 saturated heterocycles. The fourth-order valence-corrected chi connectivity index (χ4v) is 2.09. The zero-order chi connectivity index (χ0) is 8.10. The van der Waals surface area contributed by atoms with Crippen LogP contribution < -0.4 is 0 Å². The van der Waals surface area contributed by atoms with Crippen LogP contribution in [0.4, 0.5) is 0 Å². The highest BCUT2D eigenvalue weighted by Crippen LogP contribution is 2.22. The van der Waals surface area contributed by atoms with Gasteiger partial charge in [0.25, 0.3) is 0 Å². The van der Waals surface area contributed by atoms with Crippen LogP contribution in [0.1, 0.15) is 4.88 Å². The Hall–Kier alpha value is -0.120. The van der Waals surface area contributed by atoms with Crippen LogP contribution in [-0.4, -0.2) is 6.61 Å². The summed E-state index contributed by atoms with van der Waals surface area (Å²) in [6, 6.07) is 4.08. The van der Waals surface area contributed by atoms with E-state index in [0.29, 0.717) is 13.2 Å². The maximum Gasteiger partial charge on any atom is 0.0814 e. The molecule has 0 spiro atoms. The van der Waals surface area contributed by atoms with E-state index in [9.17, 15) is 0 Å². The molecule has 0 atom stereocenters. The summed E-state index contributed by atoms with van der Waals surface area (Å²) in [5.41, 5.74) is 0. The predicted molar refractivity (Wildman–Crippen MR) is 51.9 cm³/mol. The highest BCUT2D eigenvalue weighted by molar-refractivity contribution is 9.11. The summed E-state index contributed by atoms with van der Waals surface area (Å²) >= 11 is 5.08. The SMILES string of the molecule is C=CCOCc1ccc(Br)s1. The van der Waals surface area contributed by atoms with E-state index in [1.54, 1.807) is 17.4 Å². The van der Waals surface area contributed by atoms with Crippen molar-refractivity contribution >= 4 is 27.3 Å². The first-order valence-corrected chi connectivity index (χ1v) is 4.86. The van der Waals surface area contributed by atoms with Crippen LogP contribution >= 0.6 is 27.3 Å². The first-order valence-electron chi connectivity index (χ1n) is 3.26. The molecule has 0 radical (unpaired) electrons. The maximum absolute atomic E-state index is 5.25. The van der Waals surface area contributed by atoms with E-state index < -0.39 is 0 Å². The fourth-order valence-electron chi connectivity index (χ4n) is 0.672. The van der Waals surface area contributed by atoms with Crippen LogP contribution in [0.2, 0.25) is 0 Å². The van der Waals surface area contributed by atoms with Gasteiger partial charge in [0.15, 0.2) is 0 Å². The lowest BCUT2D eigenvalue weighted by molar-refractivity contribution is 0.151. The van der Waals surface area contributed by atoms with Crippen LogP contribution in [0.15, 0.2) is 28.6 Å². The van der Waals surface area contributed by atoms with Crippen molar-refractivity contribution in [2.45, 2.75) is 6.61 Å². The smallest absolute Gasteiger partial charge is 0.0814 e. The van der Waals surface area contributed by atoms with E-state index in [1.807, 2.05) is 6.07 Å². The minimum absolute atomic E-state index is 0.621. The summed E-state index contributed by atoms with van der Waals surface area (Å²) in [6.45, 7) is 4.87. The zero-order valence-electron chi connectivity index (χ0n) is 6.05. The molecule has 0 bridgehead atoms. The molecule has 60 valence electrons. The van der Waals surface area contributed by atoms with E-state index in [2.05, 4.69) is 28.6 Å². The highest BCUT2D eigenvalue weighted by atomic mass is 79.9. The van der Waals surface area contributed by atoms with Crippen molar-refractivity contribution in [3.63, 3.8) is 0 Å². The van der Waals surface area contributed by atoms with E-state index in [4.69, 9.17) is 4.74 Å². The van der Waals surface area contributed by atoms with Gasteiger partial charge in [0.05, 0.1) is 17.0 Å². The van der Waals surface area contributed by atoms with Gasteiger partial charge in [-0.2, -0.15) is 0 Å². The van der Waals surface area contributed by atoms with Crippen molar-refractivity contribution in [3.05, 3.63) is 33.5 Å².